The van der Waals surface area contributed by atoms with Gasteiger partial charge in [0.25, 0.3) is 0 Å². The van der Waals surface area contributed by atoms with Crippen LogP contribution in [0.2, 0.25) is 0 Å². The summed E-state index contributed by atoms with van der Waals surface area (Å²) in [5, 5.41) is 0. The van der Waals surface area contributed by atoms with Crippen molar-refractivity contribution in [2.75, 3.05) is 0 Å². The van der Waals surface area contributed by atoms with E-state index in [0.29, 0.717) is 0 Å². The SMILES string of the molecule is O.O.O.[Cl-].[Cl][Au]([Cl])[Cl].[Na+]. The summed E-state index contributed by atoms with van der Waals surface area (Å²) in [5.74, 6) is 0. The molecule has 64 valence electrons. The van der Waals surface area contributed by atoms with Crippen LogP contribution in [0.15, 0.2) is 0 Å². The molecule has 0 aromatic carbocycles. The zero-order valence-corrected chi connectivity index (χ0v) is 11.5. The van der Waals surface area contributed by atoms with Crippen LogP contribution in [0.5, 0.6) is 0 Å². The summed E-state index contributed by atoms with van der Waals surface area (Å²) < 4.78 is 0. The molecule has 0 saturated heterocycles. The summed E-state index contributed by atoms with van der Waals surface area (Å²) in [5.41, 5.74) is 0. The second-order valence-electron chi connectivity index (χ2n) is 0.129. The van der Waals surface area contributed by atoms with Crippen molar-refractivity contribution < 1.29 is 73.6 Å². The van der Waals surface area contributed by atoms with Crippen LogP contribution in [0, 0.1) is 0 Å². The van der Waals surface area contributed by atoms with Gasteiger partial charge in [-0.2, -0.15) is 0 Å². The van der Waals surface area contributed by atoms with E-state index in [-0.39, 0.29) is 58.4 Å². The molecule has 0 saturated carbocycles. The van der Waals surface area contributed by atoms with E-state index in [2.05, 4.69) is 0 Å². The van der Waals surface area contributed by atoms with Gasteiger partial charge in [-0.05, 0) is 0 Å². The molecule has 0 spiro atoms. The Kier molecular flexibility index (Phi) is 141. The third-order valence-corrected chi connectivity index (χ3v) is 0. The zero-order valence-electron chi connectivity index (χ0n) is 4.31. The molecular formula is H6AuCl4NaO3. The van der Waals surface area contributed by atoms with E-state index in [4.69, 9.17) is 27.6 Å². The molecule has 6 N–H and O–H groups in total. The molecule has 0 aliphatic carbocycles. The maximum absolute atomic E-state index is 4.95. The van der Waals surface area contributed by atoms with E-state index >= 15 is 0 Å². The molecule has 3 nitrogen and oxygen atoms in total. The smallest absolute Gasteiger partial charge is 1.00 e. The minimum atomic E-state index is -1.79. The quantitative estimate of drug-likeness (QED) is 0.352. The van der Waals surface area contributed by atoms with E-state index in [9.17, 15) is 0 Å². The maximum Gasteiger partial charge on any atom is 1.00 e. The van der Waals surface area contributed by atoms with Crippen LogP contribution in [0.3, 0.4) is 0 Å². The topological polar surface area (TPSA) is 94.5 Å². The van der Waals surface area contributed by atoms with Crippen LogP contribution >= 0.6 is 27.6 Å². The third-order valence-electron chi connectivity index (χ3n) is 0. The molecule has 0 fully saturated rings. The number of hydrogen-bond donors (Lipinski definition) is 0. The summed E-state index contributed by atoms with van der Waals surface area (Å²) in [6.45, 7) is 0. The van der Waals surface area contributed by atoms with Gasteiger partial charge in [0.15, 0.2) is 0 Å². The molecule has 0 rings (SSSR count). The van der Waals surface area contributed by atoms with Crippen LogP contribution in [-0.2, 0) is 15.2 Å². The van der Waals surface area contributed by atoms with E-state index in [1.54, 1.807) is 0 Å². The van der Waals surface area contributed by atoms with Gasteiger partial charge in [-0.25, -0.2) is 0 Å². The Bertz CT molecular complexity index is 20.5. The van der Waals surface area contributed by atoms with Crippen molar-refractivity contribution in [2.45, 2.75) is 0 Å². The number of rotatable bonds is 0. The fourth-order valence-electron chi connectivity index (χ4n) is 0. The predicted molar refractivity (Wildman–Crippen MR) is 28.4 cm³/mol. The Balaban J connectivity index is -0.00000000450. The molecule has 0 aliphatic heterocycles. The van der Waals surface area contributed by atoms with Gasteiger partial charge in [0.1, 0.15) is 0 Å². The van der Waals surface area contributed by atoms with E-state index in [1.807, 2.05) is 0 Å². The van der Waals surface area contributed by atoms with Crippen LogP contribution in [0.25, 0.3) is 0 Å². The Morgan fingerprint density at radius 3 is 0.778 bits per heavy atom. The van der Waals surface area contributed by atoms with Crippen molar-refractivity contribution in [3.63, 3.8) is 0 Å². The standard InChI is InChI=1S/Au.4ClH.Na.3H2O/h;4*1H;;3*1H2/q+3;;;;;+1;;;/p-4. The Hall–Kier alpha value is 2.78. The molecule has 0 amide bonds. The molecule has 9 heavy (non-hydrogen) atoms. The van der Waals surface area contributed by atoms with Crippen molar-refractivity contribution >= 4 is 27.6 Å². The number of hydrogen-bond acceptors (Lipinski definition) is 0. The molecule has 0 heterocycles. The summed E-state index contributed by atoms with van der Waals surface area (Å²) in [4.78, 5) is 0. The second-order valence-corrected chi connectivity index (χ2v) is 9.52. The fraction of sp³-hybridized carbons (Fsp3) is 0. The Morgan fingerprint density at radius 1 is 0.778 bits per heavy atom. The van der Waals surface area contributed by atoms with Crippen LogP contribution in [-0.4, -0.2) is 16.4 Å². The van der Waals surface area contributed by atoms with Gasteiger partial charge in [-0.1, -0.05) is 0 Å². The minimum Gasteiger partial charge on any atom is 1.00 e. The van der Waals surface area contributed by atoms with Crippen molar-refractivity contribution in [3.05, 3.63) is 0 Å². The molecule has 0 atom stereocenters. The minimum absolute atomic E-state index is 0. The van der Waals surface area contributed by atoms with E-state index in [1.165, 1.54) is 0 Å². The first-order valence-corrected chi connectivity index (χ1v) is 8.40. The molecule has 0 bridgehead atoms. The first-order chi connectivity index (χ1) is 1.73. The summed E-state index contributed by atoms with van der Waals surface area (Å²) in [7, 11) is 14.9. The van der Waals surface area contributed by atoms with Gasteiger partial charge >= 0.3 is 72.3 Å². The maximum atomic E-state index is 4.95. The monoisotopic (exact) mass is 414 g/mol. The number of halogens is 4. The average Bonchev–Trinajstić information content (AvgIpc) is 0.811. The van der Waals surface area contributed by atoms with Gasteiger partial charge in [0.2, 0.25) is 0 Å². The van der Waals surface area contributed by atoms with Crippen LogP contribution < -0.4 is 42.0 Å². The zero-order chi connectivity index (χ0) is 3.58. The summed E-state index contributed by atoms with van der Waals surface area (Å²) >= 11 is -1.79. The molecule has 0 unspecified atom stereocenters. The summed E-state index contributed by atoms with van der Waals surface area (Å²) in [6, 6.07) is 0. The molecular weight excluding hydrogens is 410 g/mol. The molecule has 9 heteroatoms. The Morgan fingerprint density at radius 2 is 0.778 bits per heavy atom. The first kappa shape index (κ1) is 41.0. The van der Waals surface area contributed by atoms with Crippen molar-refractivity contribution in [1.82, 2.24) is 0 Å². The van der Waals surface area contributed by atoms with Gasteiger partial charge in [-0.15, -0.1) is 0 Å². The van der Waals surface area contributed by atoms with Gasteiger partial charge < -0.3 is 28.8 Å². The summed E-state index contributed by atoms with van der Waals surface area (Å²) in [6.07, 6.45) is 0. The van der Waals surface area contributed by atoms with Gasteiger partial charge in [0, 0.05) is 0 Å². The van der Waals surface area contributed by atoms with Crippen molar-refractivity contribution in [1.29, 1.82) is 0 Å². The Labute approximate surface area is 99.6 Å². The molecule has 0 aromatic heterocycles. The predicted octanol–water partition coefficient (Wildman–Crippen LogP) is -6.40. The van der Waals surface area contributed by atoms with Crippen LogP contribution in [0.4, 0.5) is 0 Å². The molecule has 0 radical (unpaired) electrons. The average molecular weight is 416 g/mol. The third kappa shape index (κ3) is 108. The fourth-order valence-corrected chi connectivity index (χ4v) is 0. The van der Waals surface area contributed by atoms with Gasteiger partial charge in [-0.3, -0.25) is 0 Å². The largest absolute Gasteiger partial charge is 1.00 e. The molecule has 0 aromatic rings. The van der Waals surface area contributed by atoms with Crippen molar-refractivity contribution in [2.24, 2.45) is 0 Å². The second kappa shape index (κ2) is 30.9. The first-order valence-electron chi connectivity index (χ1n) is 0.342. The van der Waals surface area contributed by atoms with Crippen molar-refractivity contribution in [3.8, 4) is 0 Å². The van der Waals surface area contributed by atoms with Gasteiger partial charge in [0.05, 0.1) is 0 Å². The van der Waals surface area contributed by atoms with Crippen LogP contribution in [0.1, 0.15) is 0 Å². The molecule has 0 aliphatic rings. The van der Waals surface area contributed by atoms with E-state index in [0.717, 1.165) is 0 Å². The normalized spacial score (nSPS) is 5.00. The van der Waals surface area contributed by atoms with E-state index < -0.39 is 15.2 Å².